The predicted molar refractivity (Wildman–Crippen MR) is 75.4 cm³/mol. The molecule has 0 bridgehead atoms. The molecule has 2 aromatic heterocycles. The van der Waals surface area contributed by atoms with Gasteiger partial charge in [0.25, 0.3) is 5.56 Å². The van der Waals surface area contributed by atoms with Crippen LogP contribution in [0.5, 0.6) is 0 Å². The van der Waals surface area contributed by atoms with E-state index in [0.717, 1.165) is 30.8 Å². The predicted octanol–water partition coefficient (Wildman–Crippen LogP) is 0.818. The van der Waals surface area contributed by atoms with Crippen molar-refractivity contribution in [1.29, 1.82) is 0 Å². The third kappa shape index (κ3) is 2.36. The molecule has 6 nitrogen and oxygen atoms in total. The van der Waals surface area contributed by atoms with Crippen molar-refractivity contribution < 1.29 is 4.74 Å². The average molecular weight is 298 g/mol. The summed E-state index contributed by atoms with van der Waals surface area (Å²) in [6.07, 6.45) is 0.801. The second-order valence-corrected chi connectivity index (χ2v) is 6.12. The first-order chi connectivity index (χ1) is 9.19. The highest BCUT2D eigenvalue weighted by atomic mass is 32.1. The summed E-state index contributed by atoms with van der Waals surface area (Å²) in [5.74, 6) is 0. The van der Waals surface area contributed by atoms with E-state index >= 15 is 0 Å². The van der Waals surface area contributed by atoms with E-state index in [1.54, 1.807) is 7.11 Å². The van der Waals surface area contributed by atoms with Gasteiger partial charge in [-0.15, -0.1) is 0 Å². The fraction of sp³-hybridized carbons (Fsp3) is 0.545. The van der Waals surface area contributed by atoms with Crippen molar-refractivity contribution in [2.24, 2.45) is 0 Å². The van der Waals surface area contributed by atoms with Gasteiger partial charge in [-0.3, -0.25) is 14.8 Å². The molecule has 1 N–H and O–H groups in total. The van der Waals surface area contributed by atoms with Crippen molar-refractivity contribution in [2.75, 3.05) is 26.8 Å². The van der Waals surface area contributed by atoms with Crippen molar-refractivity contribution in [2.45, 2.75) is 13.0 Å². The van der Waals surface area contributed by atoms with Crippen LogP contribution in [0.2, 0.25) is 0 Å². The molecule has 0 saturated heterocycles. The molecule has 2 aromatic rings. The monoisotopic (exact) mass is 298 g/mol. The molecule has 0 spiro atoms. The summed E-state index contributed by atoms with van der Waals surface area (Å²) in [7, 11) is 1.68. The van der Waals surface area contributed by atoms with Crippen LogP contribution in [0.25, 0.3) is 4.96 Å². The van der Waals surface area contributed by atoms with Crippen LogP contribution in [0.4, 0.5) is 0 Å². The quantitative estimate of drug-likeness (QED) is 0.850. The van der Waals surface area contributed by atoms with E-state index in [0.29, 0.717) is 22.1 Å². The Bertz CT molecular complexity index is 718. The van der Waals surface area contributed by atoms with E-state index in [-0.39, 0.29) is 5.56 Å². The topological polar surface area (TPSA) is 62.6 Å². The van der Waals surface area contributed by atoms with Gasteiger partial charge in [0.15, 0.2) is 3.95 Å². The van der Waals surface area contributed by atoms with Gasteiger partial charge >= 0.3 is 0 Å². The molecule has 0 unspecified atom stereocenters. The fourth-order valence-electron chi connectivity index (χ4n) is 2.29. The molecule has 0 saturated carbocycles. The Kier molecular flexibility index (Phi) is 3.48. The van der Waals surface area contributed by atoms with E-state index in [1.165, 1.54) is 15.9 Å². The van der Waals surface area contributed by atoms with Gasteiger partial charge in [0.2, 0.25) is 4.96 Å². The number of aromatic nitrogens is 3. The van der Waals surface area contributed by atoms with E-state index < -0.39 is 0 Å². The van der Waals surface area contributed by atoms with Gasteiger partial charge in [-0.2, -0.15) is 4.52 Å². The normalized spacial score (nSPS) is 15.8. The van der Waals surface area contributed by atoms with Gasteiger partial charge in [-0.1, -0.05) is 11.3 Å². The Labute approximate surface area is 118 Å². The van der Waals surface area contributed by atoms with Crippen molar-refractivity contribution in [3.05, 3.63) is 25.6 Å². The fourth-order valence-corrected chi connectivity index (χ4v) is 3.28. The summed E-state index contributed by atoms with van der Waals surface area (Å²) < 4.78 is 7.10. The Morgan fingerprint density at radius 2 is 2.42 bits per heavy atom. The molecule has 102 valence electrons. The number of ether oxygens (including phenoxy) is 1. The van der Waals surface area contributed by atoms with Crippen LogP contribution in [0.1, 0.15) is 11.3 Å². The van der Waals surface area contributed by atoms with Crippen molar-refractivity contribution in [3.8, 4) is 0 Å². The summed E-state index contributed by atoms with van der Waals surface area (Å²) in [5.41, 5.74) is 1.64. The first kappa shape index (κ1) is 12.9. The zero-order valence-corrected chi connectivity index (χ0v) is 12.1. The minimum absolute atomic E-state index is 0.0329. The van der Waals surface area contributed by atoms with Gasteiger partial charge in [-0.05, 0) is 12.2 Å². The Morgan fingerprint density at radius 3 is 3.21 bits per heavy atom. The average Bonchev–Trinajstić information content (AvgIpc) is 2.78. The van der Waals surface area contributed by atoms with E-state index in [2.05, 4.69) is 15.0 Å². The van der Waals surface area contributed by atoms with Crippen LogP contribution in [-0.2, 0) is 17.7 Å². The summed E-state index contributed by atoms with van der Waals surface area (Å²) in [4.78, 5) is 19.8. The molecule has 0 atom stereocenters. The maximum atomic E-state index is 12.4. The smallest absolute Gasteiger partial charge is 0.278 e. The Balaban J connectivity index is 2.01. The lowest BCUT2D eigenvalue weighted by molar-refractivity contribution is 0.140. The van der Waals surface area contributed by atoms with Crippen molar-refractivity contribution in [3.63, 3.8) is 0 Å². The van der Waals surface area contributed by atoms with Gasteiger partial charge in [-0.25, -0.2) is 4.98 Å². The minimum Gasteiger partial charge on any atom is -0.383 e. The van der Waals surface area contributed by atoms with Crippen LogP contribution in [-0.4, -0.2) is 46.3 Å². The highest BCUT2D eigenvalue weighted by molar-refractivity contribution is 7.73. The number of hydrogen-bond donors (Lipinski definition) is 1. The largest absolute Gasteiger partial charge is 0.383 e. The number of hydrogen-bond acceptors (Lipinski definition) is 6. The molecule has 0 aromatic carbocycles. The first-order valence-corrected chi connectivity index (χ1v) is 7.26. The molecule has 0 amide bonds. The highest BCUT2D eigenvalue weighted by Crippen LogP contribution is 2.16. The molecular weight excluding hydrogens is 284 g/mol. The molecule has 19 heavy (non-hydrogen) atoms. The SMILES string of the molecule is COCCN1CCc2nc3sc(=S)[nH]n3c(=O)c2C1. The molecular formula is C11H14N4O2S2. The molecule has 0 aliphatic carbocycles. The maximum absolute atomic E-state index is 12.4. The lowest BCUT2D eigenvalue weighted by Gasteiger charge is -2.26. The zero-order valence-electron chi connectivity index (χ0n) is 10.5. The molecule has 3 heterocycles. The number of methoxy groups -OCH3 is 1. The van der Waals surface area contributed by atoms with Crippen LogP contribution >= 0.6 is 23.6 Å². The van der Waals surface area contributed by atoms with Gasteiger partial charge < -0.3 is 4.74 Å². The third-order valence-electron chi connectivity index (χ3n) is 3.28. The molecule has 8 heteroatoms. The summed E-state index contributed by atoms with van der Waals surface area (Å²) in [5, 5.41) is 2.87. The van der Waals surface area contributed by atoms with E-state index in [4.69, 9.17) is 17.0 Å². The van der Waals surface area contributed by atoms with Crippen molar-refractivity contribution in [1.82, 2.24) is 19.5 Å². The third-order valence-corrected chi connectivity index (χ3v) is 4.35. The number of nitrogens with one attached hydrogen (secondary N) is 1. The van der Waals surface area contributed by atoms with Crippen LogP contribution in [0.15, 0.2) is 4.79 Å². The number of rotatable bonds is 3. The molecule has 0 fully saturated rings. The van der Waals surface area contributed by atoms with Gasteiger partial charge in [0.05, 0.1) is 17.9 Å². The van der Waals surface area contributed by atoms with Gasteiger partial charge in [0.1, 0.15) is 0 Å². The lowest BCUT2D eigenvalue weighted by Crippen LogP contribution is -2.38. The molecule has 1 aliphatic heterocycles. The number of fused-ring (bicyclic) bond motifs is 2. The summed E-state index contributed by atoms with van der Waals surface area (Å²) >= 11 is 6.40. The van der Waals surface area contributed by atoms with Crippen LogP contribution < -0.4 is 5.56 Å². The first-order valence-electron chi connectivity index (χ1n) is 6.04. The van der Waals surface area contributed by atoms with Crippen LogP contribution in [0, 0.1) is 3.95 Å². The maximum Gasteiger partial charge on any atom is 0.278 e. The number of aromatic amines is 1. The second-order valence-electron chi connectivity index (χ2n) is 4.48. The minimum atomic E-state index is -0.0329. The summed E-state index contributed by atoms with van der Waals surface area (Å²) in [6, 6.07) is 0. The van der Waals surface area contributed by atoms with E-state index in [9.17, 15) is 4.79 Å². The molecule has 0 radical (unpaired) electrons. The standard InChI is InChI=1S/C11H14N4O2S2/c1-17-5-4-14-3-2-8-7(6-14)9(16)15-10(12-8)19-11(18)13-15/h2-6H2,1H3,(H,13,18). The Hall–Kier alpha value is -1.09. The zero-order chi connectivity index (χ0) is 13.4. The Morgan fingerprint density at radius 1 is 1.58 bits per heavy atom. The number of H-pyrrole nitrogens is 1. The molecule has 3 rings (SSSR count). The van der Waals surface area contributed by atoms with Gasteiger partial charge in [0, 0.05) is 33.2 Å². The second kappa shape index (κ2) is 5.12. The van der Waals surface area contributed by atoms with E-state index in [1.807, 2.05) is 0 Å². The lowest BCUT2D eigenvalue weighted by atomic mass is 10.1. The van der Waals surface area contributed by atoms with Crippen LogP contribution in [0.3, 0.4) is 0 Å². The molecule has 1 aliphatic rings. The van der Waals surface area contributed by atoms with Crippen molar-refractivity contribution >= 4 is 28.5 Å². The number of nitrogens with zero attached hydrogens (tertiary/aromatic N) is 3. The highest BCUT2D eigenvalue weighted by Gasteiger charge is 2.22. The summed E-state index contributed by atoms with van der Waals surface area (Å²) in [6.45, 7) is 3.05.